The molecule has 4 nitrogen and oxygen atoms in total. The van der Waals surface area contributed by atoms with Gasteiger partial charge in [-0.25, -0.2) is 0 Å². The van der Waals surface area contributed by atoms with Gasteiger partial charge in [-0.05, 0) is 23.1 Å². The van der Waals surface area contributed by atoms with Crippen LogP contribution in [0.15, 0.2) is 18.2 Å². The molecule has 0 amide bonds. The largest absolute Gasteiger partial charge is 0.493 e. The highest BCUT2D eigenvalue weighted by atomic mass is 16.5. The average molecular weight is 275 g/mol. The number of nitrogens with zero attached hydrogens (tertiary/aromatic N) is 1. The van der Waals surface area contributed by atoms with Gasteiger partial charge in [0.05, 0.1) is 20.3 Å². The van der Waals surface area contributed by atoms with E-state index in [9.17, 15) is 10.1 Å². The van der Waals surface area contributed by atoms with Gasteiger partial charge < -0.3 is 9.47 Å². The van der Waals surface area contributed by atoms with Crippen LogP contribution in [0.3, 0.4) is 0 Å². The summed E-state index contributed by atoms with van der Waals surface area (Å²) in [6.45, 7) is 5.94. The number of methoxy groups -OCH3 is 2. The van der Waals surface area contributed by atoms with E-state index in [4.69, 9.17) is 9.47 Å². The number of nitriles is 1. The predicted molar refractivity (Wildman–Crippen MR) is 77.0 cm³/mol. The Morgan fingerprint density at radius 2 is 1.85 bits per heavy atom. The predicted octanol–water partition coefficient (Wildman–Crippen LogP) is 3.32. The molecule has 0 aliphatic carbocycles. The zero-order valence-electron chi connectivity index (χ0n) is 12.7. The first kappa shape index (κ1) is 16.0. The summed E-state index contributed by atoms with van der Waals surface area (Å²) in [7, 11) is 3.07. The maximum atomic E-state index is 12.2. The van der Waals surface area contributed by atoms with Crippen molar-refractivity contribution < 1.29 is 14.3 Å². The second-order valence-electron chi connectivity index (χ2n) is 5.88. The number of carbonyl (C=O) groups excluding carboxylic acids is 1. The van der Waals surface area contributed by atoms with Crippen LogP contribution in [0.2, 0.25) is 0 Å². The summed E-state index contributed by atoms with van der Waals surface area (Å²) in [5.41, 5.74) is 0.502. The SMILES string of the molecule is COc1ccc(C(C#N)C(=O)CC(C)(C)C)cc1OC. The summed E-state index contributed by atoms with van der Waals surface area (Å²) in [5.74, 6) is 0.256. The molecule has 1 rings (SSSR count). The topological polar surface area (TPSA) is 59.3 Å². The monoisotopic (exact) mass is 275 g/mol. The van der Waals surface area contributed by atoms with Crippen molar-refractivity contribution in [2.45, 2.75) is 33.1 Å². The third kappa shape index (κ3) is 3.99. The Morgan fingerprint density at radius 1 is 1.25 bits per heavy atom. The molecule has 1 aromatic carbocycles. The molecule has 0 heterocycles. The van der Waals surface area contributed by atoms with Crippen molar-refractivity contribution in [1.29, 1.82) is 5.26 Å². The van der Waals surface area contributed by atoms with Crippen LogP contribution in [-0.2, 0) is 4.79 Å². The number of hydrogen-bond donors (Lipinski definition) is 0. The number of carbonyl (C=O) groups is 1. The Hall–Kier alpha value is -2.02. The van der Waals surface area contributed by atoms with Gasteiger partial charge in [-0.15, -0.1) is 0 Å². The zero-order valence-corrected chi connectivity index (χ0v) is 12.7. The maximum absolute atomic E-state index is 12.2. The summed E-state index contributed by atoms with van der Waals surface area (Å²) in [5, 5.41) is 9.29. The lowest BCUT2D eigenvalue weighted by Crippen LogP contribution is -2.18. The van der Waals surface area contributed by atoms with Gasteiger partial charge in [0, 0.05) is 6.42 Å². The van der Waals surface area contributed by atoms with Crippen LogP contribution in [0.5, 0.6) is 11.5 Å². The van der Waals surface area contributed by atoms with Crippen molar-refractivity contribution in [2.75, 3.05) is 14.2 Å². The van der Waals surface area contributed by atoms with Crippen LogP contribution in [0, 0.1) is 16.7 Å². The summed E-state index contributed by atoms with van der Waals surface area (Å²) >= 11 is 0. The molecule has 0 saturated carbocycles. The molecule has 0 N–H and O–H groups in total. The van der Waals surface area contributed by atoms with Crippen LogP contribution in [0.1, 0.15) is 38.7 Å². The highest BCUT2D eigenvalue weighted by Gasteiger charge is 2.26. The quantitative estimate of drug-likeness (QED) is 0.827. The summed E-state index contributed by atoms with van der Waals surface area (Å²) in [4.78, 5) is 12.2. The van der Waals surface area contributed by atoms with Gasteiger partial charge >= 0.3 is 0 Å². The minimum Gasteiger partial charge on any atom is -0.493 e. The Balaban J connectivity index is 3.08. The first-order valence-electron chi connectivity index (χ1n) is 6.46. The van der Waals surface area contributed by atoms with E-state index in [0.29, 0.717) is 23.5 Å². The number of benzene rings is 1. The van der Waals surface area contributed by atoms with Gasteiger partial charge in [0.2, 0.25) is 0 Å². The van der Waals surface area contributed by atoms with E-state index in [1.807, 2.05) is 20.8 Å². The summed E-state index contributed by atoms with van der Waals surface area (Å²) in [6, 6.07) is 7.21. The van der Waals surface area contributed by atoms with E-state index in [2.05, 4.69) is 6.07 Å². The smallest absolute Gasteiger partial charge is 0.161 e. The molecule has 0 aliphatic heterocycles. The number of ketones is 1. The first-order chi connectivity index (χ1) is 9.32. The number of hydrogen-bond acceptors (Lipinski definition) is 4. The molecule has 0 radical (unpaired) electrons. The van der Waals surface area contributed by atoms with Crippen LogP contribution in [-0.4, -0.2) is 20.0 Å². The Morgan fingerprint density at radius 3 is 2.30 bits per heavy atom. The number of ether oxygens (including phenoxy) is 2. The minimum atomic E-state index is -0.769. The van der Waals surface area contributed by atoms with E-state index < -0.39 is 5.92 Å². The third-order valence-electron chi connectivity index (χ3n) is 2.90. The lowest BCUT2D eigenvalue weighted by molar-refractivity contribution is -0.121. The van der Waals surface area contributed by atoms with Crippen molar-refractivity contribution in [1.82, 2.24) is 0 Å². The minimum absolute atomic E-state index is 0.0766. The normalized spacial score (nSPS) is 12.4. The maximum Gasteiger partial charge on any atom is 0.161 e. The molecule has 1 aromatic rings. The Kier molecular flexibility index (Phi) is 5.15. The molecule has 0 spiro atoms. The first-order valence-corrected chi connectivity index (χ1v) is 6.46. The molecule has 20 heavy (non-hydrogen) atoms. The molecule has 0 bridgehead atoms. The lowest BCUT2D eigenvalue weighted by Gasteiger charge is -2.19. The third-order valence-corrected chi connectivity index (χ3v) is 2.90. The molecule has 108 valence electrons. The van der Waals surface area contributed by atoms with Crippen molar-refractivity contribution in [3.05, 3.63) is 23.8 Å². The van der Waals surface area contributed by atoms with Crippen LogP contribution >= 0.6 is 0 Å². The van der Waals surface area contributed by atoms with Crippen molar-refractivity contribution in [2.24, 2.45) is 5.41 Å². The summed E-state index contributed by atoms with van der Waals surface area (Å²) < 4.78 is 10.4. The van der Waals surface area contributed by atoms with E-state index in [-0.39, 0.29) is 11.2 Å². The fraction of sp³-hybridized carbons (Fsp3) is 0.500. The summed E-state index contributed by atoms with van der Waals surface area (Å²) in [6.07, 6.45) is 0.361. The molecule has 1 atom stereocenters. The molecule has 0 saturated heterocycles. The molecule has 0 aromatic heterocycles. The van der Waals surface area contributed by atoms with Gasteiger partial charge in [0.1, 0.15) is 5.92 Å². The molecule has 4 heteroatoms. The highest BCUT2D eigenvalue weighted by Crippen LogP contribution is 2.32. The van der Waals surface area contributed by atoms with E-state index in [0.717, 1.165) is 0 Å². The highest BCUT2D eigenvalue weighted by molar-refractivity contribution is 5.89. The van der Waals surface area contributed by atoms with E-state index in [1.165, 1.54) is 7.11 Å². The van der Waals surface area contributed by atoms with Gasteiger partial charge in [-0.1, -0.05) is 26.8 Å². The van der Waals surface area contributed by atoms with Crippen molar-refractivity contribution in [3.63, 3.8) is 0 Å². The van der Waals surface area contributed by atoms with Crippen LogP contribution in [0.25, 0.3) is 0 Å². The fourth-order valence-corrected chi connectivity index (χ4v) is 1.99. The number of Topliss-reactive ketones (excluding diaryl/α,β-unsaturated/α-hetero) is 1. The molecular formula is C16H21NO3. The van der Waals surface area contributed by atoms with Crippen LogP contribution in [0.4, 0.5) is 0 Å². The van der Waals surface area contributed by atoms with Crippen molar-refractivity contribution in [3.8, 4) is 17.6 Å². The second-order valence-corrected chi connectivity index (χ2v) is 5.88. The lowest BCUT2D eigenvalue weighted by atomic mass is 9.84. The van der Waals surface area contributed by atoms with E-state index >= 15 is 0 Å². The fourth-order valence-electron chi connectivity index (χ4n) is 1.99. The number of rotatable bonds is 5. The molecule has 0 fully saturated rings. The standard InChI is InChI=1S/C16H21NO3/c1-16(2,3)9-13(18)12(10-17)11-6-7-14(19-4)15(8-11)20-5/h6-8,12H,9H2,1-5H3. The second kappa shape index (κ2) is 6.42. The zero-order chi connectivity index (χ0) is 15.3. The van der Waals surface area contributed by atoms with E-state index in [1.54, 1.807) is 25.3 Å². The molecule has 1 unspecified atom stereocenters. The van der Waals surface area contributed by atoms with Gasteiger partial charge in [0.15, 0.2) is 17.3 Å². The van der Waals surface area contributed by atoms with Crippen LogP contribution < -0.4 is 9.47 Å². The average Bonchev–Trinajstić information content (AvgIpc) is 2.37. The van der Waals surface area contributed by atoms with Gasteiger partial charge in [-0.2, -0.15) is 5.26 Å². The van der Waals surface area contributed by atoms with Gasteiger partial charge in [-0.3, -0.25) is 4.79 Å². The van der Waals surface area contributed by atoms with Gasteiger partial charge in [0.25, 0.3) is 0 Å². The molecular weight excluding hydrogens is 254 g/mol. The van der Waals surface area contributed by atoms with Crippen molar-refractivity contribution >= 4 is 5.78 Å². The Labute approximate surface area is 120 Å². The molecule has 0 aliphatic rings. The Bertz CT molecular complexity index is 524.